The van der Waals surface area contributed by atoms with E-state index >= 15 is 0 Å². The minimum absolute atomic E-state index is 0.132. The predicted octanol–water partition coefficient (Wildman–Crippen LogP) is 2.76. The van der Waals surface area contributed by atoms with Gasteiger partial charge in [-0.05, 0) is 48.4 Å². The third kappa shape index (κ3) is 2.72. The molecular weight excluding hydrogens is 272 g/mol. The number of nitrogens with zero attached hydrogens (tertiary/aromatic N) is 2. The van der Waals surface area contributed by atoms with Gasteiger partial charge in [0.25, 0.3) is 5.91 Å². The molecule has 2 aliphatic heterocycles. The molecule has 0 aliphatic carbocycles. The molecule has 2 heterocycles. The molecule has 0 aromatic heterocycles. The van der Waals surface area contributed by atoms with Gasteiger partial charge in [0.15, 0.2) is 5.17 Å². The molecule has 104 valence electrons. The molecule has 1 fully saturated rings. The lowest BCUT2D eigenvalue weighted by Gasteiger charge is -2.14. The maximum absolute atomic E-state index is 11.9. The van der Waals surface area contributed by atoms with Gasteiger partial charge in [-0.15, -0.1) is 0 Å². The zero-order valence-electron chi connectivity index (χ0n) is 11.3. The summed E-state index contributed by atoms with van der Waals surface area (Å²) in [5.41, 5.74) is 0.986. The Morgan fingerprint density at radius 1 is 1.25 bits per heavy atom. The van der Waals surface area contributed by atoms with E-state index in [1.54, 1.807) is 7.11 Å². The Bertz CT molecular complexity index is 572. The summed E-state index contributed by atoms with van der Waals surface area (Å²) >= 11 is 1.48. The highest BCUT2D eigenvalue weighted by molar-refractivity contribution is 8.18. The summed E-state index contributed by atoms with van der Waals surface area (Å²) in [5, 5.41) is 0.854. The van der Waals surface area contributed by atoms with Crippen LogP contribution in [-0.4, -0.2) is 36.2 Å². The summed E-state index contributed by atoms with van der Waals surface area (Å²) in [6.07, 6.45) is 4.26. The van der Waals surface area contributed by atoms with Crippen LogP contribution in [0.4, 0.5) is 0 Å². The van der Waals surface area contributed by atoms with Crippen LogP contribution in [0.5, 0.6) is 5.75 Å². The van der Waals surface area contributed by atoms with Gasteiger partial charge in [0.2, 0.25) is 0 Å². The predicted molar refractivity (Wildman–Crippen MR) is 81.8 cm³/mol. The molecule has 0 unspecified atom stereocenters. The average molecular weight is 288 g/mol. The molecule has 0 radical (unpaired) electrons. The van der Waals surface area contributed by atoms with Crippen molar-refractivity contribution < 1.29 is 9.53 Å². The van der Waals surface area contributed by atoms with Crippen molar-refractivity contribution in [2.75, 3.05) is 20.2 Å². The van der Waals surface area contributed by atoms with Gasteiger partial charge in [-0.1, -0.05) is 12.1 Å². The lowest BCUT2D eigenvalue weighted by molar-refractivity contribution is -0.113. The van der Waals surface area contributed by atoms with Crippen molar-refractivity contribution in [2.45, 2.75) is 12.8 Å². The second-order valence-electron chi connectivity index (χ2n) is 4.78. The fourth-order valence-electron chi connectivity index (χ4n) is 2.29. The summed E-state index contributed by atoms with van der Waals surface area (Å²) in [5.74, 6) is 0.680. The molecule has 0 N–H and O–H groups in total. The highest BCUT2D eigenvalue weighted by Crippen LogP contribution is 2.31. The molecule has 4 nitrogen and oxygen atoms in total. The highest BCUT2D eigenvalue weighted by atomic mass is 32.2. The molecule has 1 saturated heterocycles. The third-order valence-corrected chi connectivity index (χ3v) is 4.44. The van der Waals surface area contributed by atoms with E-state index in [0.717, 1.165) is 29.6 Å². The van der Waals surface area contributed by atoms with Gasteiger partial charge in [-0.3, -0.25) is 4.79 Å². The zero-order chi connectivity index (χ0) is 13.9. The monoisotopic (exact) mass is 288 g/mol. The fourth-order valence-corrected chi connectivity index (χ4v) is 3.26. The van der Waals surface area contributed by atoms with Crippen LogP contribution in [0.3, 0.4) is 0 Å². The number of benzene rings is 1. The number of rotatable bonds is 2. The van der Waals surface area contributed by atoms with Crippen LogP contribution >= 0.6 is 11.8 Å². The number of hydrogen-bond acceptors (Lipinski definition) is 4. The summed E-state index contributed by atoms with van der Waals surface area (Å²) in [7, 11) is 1.64. The Labute approximate surface area is 122 Å². The Morgan fingerprint density at radius 2 is 1.95 bits per heavy atom. The molecule has 3 rings (SSSR count). The highest BCUT2D eigenvalue weighted by Gasteiger charge is 2.27. The first-order valence-corrected chi connectivity index (χ1v) is 7.49. The molecule has 1 amide bonds. The number of thioether (sulfide) groups is 1. The summed E-state index contributed by atoms with van der Waals surface area (Å²) < 4.78 is 5.12. The first-order valence-electron chi connectivity index (χ1n) is 6.68. The lowest BCUT2D eigenvalue weighted by atomic mass is 10.2. The van der Waals surface area contributed by atoms with Crippen LogP contribution in [-0.2, 0) is 4.79 Å². The molecule has 1 aromatic carbocycles. The molecule has 5 heteroatoms. The van der Waals surface area contributed by atoms with Crippen LogP contribution in [0.25, 0.3) is 6.08 Å². The number of methoxy groups -OCH3 is 1. The largest absolute Gasteiger partial charge is 0.497 e. The number of amidine groups is 1. The van der Waals surface area contributed by atoms with E-state index in [9.17, 15) is 4.79 Å². The quantitative estimate of drug-likeness (QED) is 0.785. The van der Waals surface area contributed by atoms with Crippen molar-refractivity contribution in [2.24, 2.45) is 4.99 Å². The van der Waals surface area contributed by atoms with Crippen LogP contribution < -0.4 is 4.74 Å². The first kappa shape index (κ1) is 13.2. The van der Waals surface area contributed by atoms with E-state index in [1.807, 2.05) is 30.3 Å². The minimum Gasteiger partial charge on any atom is -0.497 e. The van der Waals surface area contributed by atoms with Gasteiger partial charge in [-0.2, -0.15) is 4.99 Å². The normalized spacial score (nSPS) is 20.6. The Morgan fingerprint density at radius 3 is 2.60 bits per heavy atom. The van der Waals surface area contributed by atoms with E-state index in [-0.39, 0.29) is 5.91 Å². The topological polar surface area (TPSA) is 41.9 Å². The Balaban J connectivity index is 1.74. The van der Waals surface area contributed by atoms with Crippen LogP contribution in [0.15, 0.2) is 34.2 Å². The minimum atomic E-state index is -0.132. The number of ether oxygens (including phenoxy) is 1. The third-order valence-electron chi connectivity index (χ3n) is 3.40. The first-order chi connectivity index (χ1) is 9.76. The number of carbonyl (C=O) groups is 1. The van der Waals surface area contributed by atoms with Gasteiger partial charge >= 0.3 is 0 Å². The maximum Gasteiger partial charge on any atom is 0.286 e. The van der Waals surface area contributed by atoms with Gasteiger partial charge in [0.1, 0.15) is 5.75 Å². The second kappa shape index (κ2) is 5.71. The standard InChI is InChI=1S/C15H16N2O2S/c1-19-12-6-4-11(5-7-12)10-13-14(18)16-15(20-13)17-8-2-3-9-17/h4-7,10H,2-3,8-9H2,1H3. The van der Waals surface area contributed by atoms with Crippen LogP contribution in [0.2, 0.25) is 0 Å². The lowest BCUT2D eigenvalue weighted by Crippen LogP contribution is -2.23. The molecule has 2 aliphatic rings. The summed E-state index contributed by atoms with van der Waals surface area (Å²) in [6.45, 7) is 2.02. The number of aliphatic imine (C=N–C) groups is 1. The van der Waals surface area contributed by atoms with E-state index in [4.69, 9.17) is 4.74 Å². The van der Waals surface area contributed by atoms with Gasteiger partial charge in [0, 0.05) is 13.1 Å². The van der Waals surface area contributed by atoms with E-state index in [0.29, 0.717) is 4.91 Å². The Kier molecular flexibility index (Phi) is 3.78. The summed E-state index contributed by atoms with van der Waals surface area (Å²) in [4.78, 5) is 19.0. The van der Waals surface area contributed by atoms with Crippen molar-refractivity contribution in [1.82, 2.24) is 4.90 Å². The zero-order valence-corrected chi connectivity index (χ0v) is 12.2. The molecular formula is C15H16N2O2S. The molecule has 0 bridgehead atoms. The van der Waals surface area contributed by atoms with Gasteiger partial charge < -0.3 is 9.64 Å². The molecule has 0 atom stereocenters. The fraction of sp³-hybridized carbons (Fsp3) is 0.333. The van der Waals surface area contributed by atoms with Crippen molar-refractivity contribution in [3.05, 3.63) is 34.7 Å². The summed E-state index contributed by atoms with van der Waals surface area (Å²) in [6, 6.07) is 7.65. The molecule has 0 spiro atoms. The second-order valence-corrected chi connectivity index (χ2v) is 5.79. The van der Waals surface area contributed by atoms with Crippen LogP contribution in [0, 0.1) is 0 Å². The number of hydrogen-bond donors (Lipinski definition) is 0. The van der Waals surface area contributed by atoms with E-state index < -0.39 is 0 Å². The number of likely N-dealkylation sites (tertiary alicyclic amines) is 1. The van der Waals surface area contributed by atoms with Crippen molar-refractivity contribution in [1.29, 1.82) is 0 Å². The van der Waals surface area contributed by atoms with Crippen LogP contribution in [0.1, 0.15) is 18.4 Å². The average Bonchev–Trinajstić information content (AvgIpc) is 3.10. The van der Waals surface area contributed by atoms with E-state index in [1.165, 1.54) is 24.6 Å². The molecule has 0 saturated carbocycles. The van der Waals surface area contributed by atoms with Crippen molar-refractivity contribution in [3.63, 3.8) is 0 Å². The van der Waals surface area contributed by atoms with Crippen molar-refractivity contribution >= 4 is 28.9 Å². The smallest absolute Gasteiger partial charge is 0.286 e. The molecule has 1 aromatic rings. The SMILES string of the molecule is COc1ccc(C=C2SC(N3CCCC3)=NC2=O)cc1. The van der Waals surface area contributed by atoms with Gasteiger partial charge in [0.05, 0.1) is 12.0 Å². The number of carbonyl (C=O) groups excluding carboxylic acids is 1. The maximum atomic E-state index is 11.9. The van der Waals surface area contributed by atoms with Gasteiger partial charge in [-0.25, -0.2) is 0 Å². The molecule has 20 heavy (non-hydrogen) atoms. The Hall–Kier alpha value is -1.75. The van der Waals surface area contributed by atoms with Crippen molar-refractivity contribution in [3.8, 4) is 5.75 Å². The number of amides is 1. The van der Waals surface area contributed by atoms with E-state index in [2.05, 4.69) is 9.89 Å².